The van der Waals surface area contributed by atoms with E-state index in [2.05, 4.69) is 25.9 Å². The highest BCUT2D eigenvalue weighted by Gasteiger charge is 2.11. The van der Waals surface area contributed by atoms with Gasteiger partial charge in [0, 0.05) is 25.5 Å². The highest BCUT2D eigenvalue weighted by Crippen LogP contribution is 2.14. The Morgan fingerprint density at radius 2 is 2.39 bits per heavy atom. The van der Waals surface area contributed by atoms with E-state index in [4.69, 9.17) is 0 Å². The molecule has 2 aromatic heterocycles. The van der Waals surface area contributed by atoms with Crippen molar-refractivity contribution in [3.63, 3.8) is 0 Å². The van der Waals surface area contributed by atoms with Gasteiger partial charge in [-0.2, -0.15) is 5.10 Å². The summed E-state index contributed by atoms with van der Waals surface area (Å²) in [6.45, 7) is 3.87. The molecule has 8 heteroatoms. The summed E-state index contributed by atoms with van der Waals surface area (Å²) in [6, 6.07) is 1.84. The first-order chi connectivity index (χ1) is 8.79. The van der Waals surface area contributed by atoms with Crippen molar-refractivity contribution in [1.82, 2.24) is 25.3 Å². The largest absolute Gasteiger partial charge is 0.360 e. The Morgan fingerprint density at radius 3 is 3.11 bits per heavy atom. The molecule has 2 N–H and O–H groups in total. The maximum atomic E-state index is 11.7. The van der Waals surface area contributed by atoms with E-state index in [-0.39, 0.29) is 5.91 Å². The predicted molar refractivity (Wildman–Crippen MR) is 68.6 cm³/mol. The summed E-state index contributed by atoms with van der Waals surface area (Å²) in [7, 11) is 0. The Hall–Kier alpha value is -1.96. The van der Waals surface area contributed by atoms with Gasteiger partial charge < -0.3 is 10.6 Å². The average Bonchev–Trinajstić information content (AvgIpc) is 3.00. The van der Waals surface area contributed by atoms with Crippen LogP contribution in [0.15, 0.2) is 18.5 Å². The Labute approximate surface area is 108 Å². The van der Waals surface area contributed by atoms with Gasteiger partial charge >= 0.3 is 0 Å². The van der Waals surface area contributed by atoms with E-state index in [0.717, 1.165) is 6.54 Å². The van der Waals surface area contributed by atoms with E-state index in [9.17, 15) is 4.79 Å². The second-order valence-electron chi connectivity index (χ2n) is 3.47. The van der Waals surface area contributed by atoms with Crippen LogP contribution in [0.5, 0.6) is 0 Å². The molecule has 0 aliphatic carbocycles. The van der Waals surface area contributed by atoms with Crippen molar-refractivity contribution < 1.29 is 4.79 Å². The first-order valence-electron chi connectivity index (χ1n) is 5.62. The van der Waals surface area contributed by atoms with Crippen LogP contribution >= 0.6 is 11.3 Å². The zero-order valence-electron chi connectivity index (χ0n) is 9.96. The van der Waals surface area contributed by atoms with Gasteiger partial charge in [-0.15, -0.1) is 10.2 Å². The van der Waals surface area contributed by atoms with Crippen molar-refractivity contribution in [2.75, 3.05) is 18.4 Å². The molecule has 0 spiro atoms. The number of amides is 1. The third-order valence-electron chi connectivity index (χ3n) is 2.13. The van der Waals surface area contributed by atoms with Crippen molar-refractivity contribution in [1.29, 1.82) is 0 Å². The lowest BCUT2D eigenvalue weighted by atomic mass is 10.5. The van der Waals surface area contributed by atoms with Crippen LogP contribution in [0.2, 0.25) is 0 Å². The number of hydrogen-bond donors (Lipinski definition) is 2. The Bertz CT molecular complexity index is 494. The van der Waals surface area contributed by atoms with Crippen LogP contribution in [0.3, 0.4) is 0 Å². The number of carbonyl (C=O) groups excluding carboxylic acids is 1. The molecular formula is C10H14N6OS. The van der Waals surface area contributed by atoms with Crippen LogP contribution < -0.4 is 10.6 Å². The summed E-state index contributed by atoms with van der Waals surface area (Å²) in [5.74, 6) is -0.205. The lowest BCUT2D eigenvalue weighted by molar-refractivity contribution is 0.0951. The number of anilines is 1. The zero-order chi connectivity index (χ0) is 12.8. The van der Waals surface area contributed by atoms with Crippen LogP contribution in [-0.4, -0.2) is 39.0 Å². The topological polar surface area (TPSA) is 84.7 Å². The fourth-order valence-electron chi connectivity index (χ4n) is 1.33. The van der Waals surface area contributed by atoms with Gasteiger partial charge in [0.25, 0.3) is 5.91 Å². The number of nitrogens with zero attached hydrogens (tertiary/aromatic N) is 4. The lowest BCUT2D eigenvalue weighted by Crippen LogP contribution is -2.27. The van der Waals surface area contributed by atoms with Gasteiger partial charge in [0.1, 0.15) is 0 Å². The normalized spacial score (nSPS) is 10.3. The molecule has 1 amide bonds. The Kier molecular flexibility index (Phi) is 4.24. The van der Waals surface area contributed by atoms with Crippen LogP contribution in [0.1, 0.15) is 16.7 Å². The molecular weight excluding hydrogens is 252 g/mol. The molecule has 0 fully saturated rings. The van der Waals surface area contributed by atoms with E-state index in [0.29, 0.717) is 23.2 Å². The first kappa shape index (κ1) is 12.5. The number of nitrogens with one attached hydrogen (secondary N) is 2. The molecule has 2 aromatic rings. The molecule has 2 rings (SSSR count). The van der Waals surface area contributed by atoms with E-state index < -0.39 is 0 Å². The molecule has 96 valence electrons. The quantitative estimate of drug-likeness (QED) is 0.799. The minimum atomic E-state index is -0.205. The van der Waals surface area contributed by atoms with E-state index in [1.54, 1.807) is 10.9 Å². The fourth-order valence-corrected chi connectivity index (χ4v) is 2.06. The Morgan fingerprint density at radius 1 is 1.50 bits per heavy atom. The van der Waals surface area contributed by atoms with Crippen LogP contribution in [-0.2, 0) is 6.54 Å². The number of aromatic nitrogens is 4. The fraction of sp³-hybridized carbons (Fsp3) is 0.400. The molecule has 7 nitrogen and oxygen atoms in total. The van der Waals surface area contributed by atoms with E-state index >= 15 is 0 Å². The van der Waals surface area contributed by atoms with Crippen molar-refractivity contribution in [3.8, 4) is 0 Å². The second kappa shape index (κ2) is 6.10. The summed E-state index contributed by atoms with van der Waals surface area (Å²) in [4.78, 5) is 11.7. The van der Waals surface area contributed by atoms with Gasteiger partial charge in [-0.05, 0) is 13.0 Å². The van der Waals surface area contributed by atoms with Crippen LogP contribution in [0.4, 0.5) is 5.13 Å². The summed E-state index contributed by atoms with van der Waals surface area (Å²) < 4.78 is 1.75. The summed E-state index contributed by atoms with van der Waals surface area (Å²) >= 11 is 1.25. The molecule has 0 saturated carbocycles. The van der Waals surface area contributed by atoms with Crippen molar-refractivity contribution in [3.05, 3.63) is 23.5 Å². The van der Waals surface area contributed by atoms with Crippen molar-refractivity contribution in [2.24, 2.45) is 0 Å². The molecule has 0 bridgehead atoms. The molecule has 2 heterocycles. The van der Waals surface area contributed by atoms with Crippen molar-refractivity contribution in [2.45, 2.75) is 13.5 Å². The van der Waals surface area contributed by atoms with Crippen LogP contribution in [0.25, 0.3) is 0 Å². The van der Waals surface area contributed by atoms with E-state index in [1.165, 1.54) is 11.3 Å². The number of rotatable bonds is 6. The van der Waals surface area contributed by atoms with Crippen molar-refractivity contribution >= 4 is 22.4 Å². The van der Waals surface area contributed by atoms with Gasteiger partial charge in [0.2, 0.25) is 10.1 Å². The van der Waals surface area contributed by atoms with Gasteiger partial charge in [-0.3, -0.25) is 9.48 Å². The minimum absolute atomic E-state index is 0.205. The zero-order valence-corrected chi connectivity index (χ0v) is 10.8. The molecule has 0 saturated heterocycles. The minimum Gasteiger partial charge on any atom is -0.360 e. The molecule has 0 atom stereocenters. The standard InChI is InChI=1S/C10H14N6OS/c1-2-11-10-15-14-9(18-10)8(17)12-5-7-16-6-3-4-13-16/h3-4,6H,2,5,7H2,1H3,(H,11,15)(H,12,17). The lowest BCUT2D eigenvalue weighted by Gasteiger charge is -2.02. The predicted octanol–water partition coefficient (Wildman–Crippen LogP) is 0.596. The molecule has 0 unspecified atom stereocenters. The smallest absolute Gasteiger partial charge is 0.282 e. The van der Waals surface area contributed by atoms with E-state index in [1.807, 2.05) is 19.2 Å². The van der Waals surface area contributed by atoms with Gasteiger partial charge in [0.05, 0.1) is 6.54 Å². The van der Waals surface area contributed by atoms with Gasteiger partial charge in [0.15, 0.2) is 0 Å². The molecule has 0 aromatic carbocycles. The van der Waals surface area contributed by atoms with Crippen LogP contribution in [0, 0.1) is 0 Å². The number of carbonyl (C=O) groups is 1. The monoisotopic (exact) mass is 266 g/mol. The summed E-state index contributed by atoms with van der Waals surface area (Å²) in [5.41, 5.74) is 0. The highest BCUT2D eigenvalue weighted by molar-refractivity contribution is 7.17. The van der Waals surface area contributed by atoms with Gasteiger partial charge in [-0.25, -0.2) is 0 Å². The highest BCUT2D eigenvalue weighted by atomic mass is 32.1. The SMILES string of the molecule is CCNc1nnc(C(=O)NCCn2cccn2)s1. The molecule has 0 radical (unpaired) electrons. The maximum Gasteiger partial charge on any atom is 0.282 e. The summed E-state index contributed by atoms with van der Waals surface area (Å²) in [6.07, 6.45) is 3.55. The third kappa shape index (κ3) is 3.27. The third-order valence-corrected chi connectivity index (χ3v) is 3.01. The molecule has 0 aliphatic heterocycles. The number of hydrogen-bond acceptors (Lipinski definition) is 6. The average molecular weight is 266 g/mol. The Balaban J connectivity index is 1.80. The second-order valence-corrected chi connectivity index (χ2v) is 4.45. The molecule has 18 heavy (non-hydrogen) atoms. The first-order valence-corrected chi connectivity index (χ1v) is 6.44. The molecule has 0 aliphatic rings. The summed E-state index contributed by atoms with van der Waals surface area (Å²) in [5, 5.41) is 18.5. The maximum absolute atomic E-state index is 11.7. The van der Waals surface area contributed by atoms with Gasteiger partial charge in [-0.1, -0.05) is 11.3 Å².